The zero-order valence-corrected chi connectivity index (χ0v) is 19.6. The molecule has 1 aromatic carbocycles. The Balaban J connectivity index is 0.00000300. The number of fused-ring (bicyclic) bond motifs is 1. The Morgan fingerprint density at radius 3 is 2.76 bits per heavy atom. The van der Waals surface area contributed by atoms with Gasteiger partial charge in [0.2, 0.25) is 0 Å². The van der Waals surface area contributed by atoms with Crippen molar-refractivity contribution in [2.24, 2.45) is 4.99 Å². The third-order valence-corrected chi connectivity index (χ3v) is 4.95. The van der Waals surface area contributed by atoms with Gasteiger partial charge in [-0.1, -0.05) is 30.3 Å². The number of nitrogens with zero attached hydrogens (tertiary/aromatic N) is 4. The Kier molecular flexibility index (Phi) is 10.2. The SMILES string of the molecule is CCNC(=NCCCn1nc2n(c1=O)CCCC2)NCCCc1ccccc1.I. The highest BCUT2D eigenvalue weighted by Crippen LogP contribution is 2.09. The maximum atomic E-state index is 12.3. The molecule has 0 saturated heterocycles. The first-order valence-electron chi connectivity index (χ1n) is 10.5. The van der Waals surface area contributed by atoms with Crippen LogP contribution in [0, 0.1) is 0 Å². The quantitative estimate of drug-likeness (QED) is 0.235. The summed E-state index contributed by atoms with van der Waals surface area (Å²) in [5, 5.41) is 11.2. The fraction of sp³-hybridized carbons (Fsp3) is 0.571. The lowest BCUT2D eigenvalue weighted by atomic mass is 10.1. The lowest BCUT2D eigenvalue weighted by molar-refractivity contribution is 0.509. The lowest BCUT2D eigenvalue weighted by Crippen LogP contribution is -2.38. The second-order valence-electron chi connectivity index (χ2n) is 7.16. The van der Waals surface area contributed by atoms with Crippen LogP contribution in [0.25, 0.3) is 0 Å². The van der Waals surface area contributed by atoms with Crippen molar-refractivity contribution < 1.29 is 0 Å². The molecule has 160 valence electrons. The molecule has 0 radical (unpaired) electrons. The molecule has 29 heavy (non-hydrogen) atoms. The monoisotopic (exact) mass is 512 g/mol. The van der Waals surface area contributed by atoms with E-state index >= 15 is 0 Å². The van der Waals surface area contributed by atoms with Crippen LogP contribution in [0.5, 0.6) is 0 Å². The van der Waals surface area contributed by atoms with Crippen molar-refractivity contribution in [3.05, 3.63) is 52.2 Å². The maximum absolute atomic E-state index is 12.3. The summed E-state index contributed by atoms with van der Waals surface area (Å²) >= 11 is 0. The summed E-state index contributed by atoms with van der Waals surface area (Å²) in [5.74, 6) is 1.78. The van der Waals surface area contributed by atoms with E-state index in [0.717, 1.165) is 69.9 Å². The predicted molar refractivity (Wildman–Crippen MR) is 128 cm³/mol. The van der Waals surface area contributed by atoms with Crippen molar-refractivity contribution in [3.63, 3.8) is 0 Å². The Hall–Kier alpha value is -1.84. The Labute approximate surface area is 190 Å². The molecule has 3 rings (SSSR count). The number of aryl methyl sites for hydroxylation is 3. The minimum absolute atomic E-state index is 0. The average molecular weight is 512 g/mol. The van der Waals surface area contributed by atoms with E-state index in [0.29, 0.717) is 13.1 Å². The molecule has 8 heteroatoms. The first-order valence-corrected chi connectivity index (χ1v) is 10.5. The van der Waals surface area contributed by atoms with Gasteiger partial charge in [0.1, 0.15) is 5.82 Å². The molecule has 1 aromatic heterocycles. The van der Waals surface area contributed by atoms with E-state index in [-0.39, 0.29) is 29.7 Å². The Morgan fingerprint density at radius 1 is 1.17 bits per heavy atom. The molecule has 7 nitrogen and oxygen atoms in total. The molecule has 2 aromatic rings. The van der Waals surface area contributed by atoms with Crippen molar-refractivity contribution >= 4 is 29.9 Å². The molecule has 0 saturated carbocycles. The summed E-state index contributed by atoms with van der Waals surface area (Å²) in [5.41, 5.74) is 1.39. The van der Waals surface area contributed by atoms with Gasteiger partial charge in [0.15, 0.2) is 5.96 Å². The van der Waals surface area contributed by atoms with Crippen LogP contribution in [-0.4, -0.2) is 39.9 Å². The molecule has 0 atom stereocenters. The van der Waals surface area contributed by atoms with E-state index in [9.17, 15) is 4.79 Å². The molecular formula is C21H33IN6O. The van der Waals surface area contributed by atoms with Crippen LogP contribution in [0.4, 0.5) is 0 Å². The minimum atomic E-state index is 0. The molecule has 0 fully saturated rings. The molecule has 0 amide bonds. The summed E-state index contributed by atoms with van der Waals surface area (Å²) in [6.07, 6.45) is 6.04. The van der Waals surface area contributed by atoms with Gasteiger partial charge in [-0.3, -0.25) is 9.56 Å². The number of hydrogen-bond donors (Lipinski definition) is 2. The molecule has 0 aliphatic carbocycles. The first kappa shape index (κ1) is 23.4. The summed E-state index contributed by atoms with van der Waals surface area (Å²) in [6.45, 7) is 5.88. The summed E-state index contributed by atoms with van der Waals surface area (Å²) in [6, 6.07) is 10.5. The molecule has 2 N–H and O–H groups in total. The van der Waals surface area contributed by atoms with E-state index in [4.69, 9.17) is 0 Å². The highest BCUT2D eigenvalue weighted by Gasteiger charge is 2.16. The predicted octanol–water partition coefficient (Wildman–Crippen LogP) is 2.58. The van der Waals surface area contributed by atoms with Crippen molar-refractivity contribution in [2.45, 2.75) is 58.5 Å². The van der Waals surface area contributed by atoms with Gasteiger partial charge in [0, 0.05) is 39.1 Å². The highest BCUT2D eigenvalue weighted by atomic mass is 127. The van der Waals surface area contributed by atoms with Crippen molar-refractivity contribution in [3.8, 4) is 0 Å². The summed E-state index contributed by atoms with van der Waals surface area (Å²) in [4.78, 5) is 17.0. The summed E-state index contributed by atoms with van der Waals surface area (Å²) in [7, 11) is 0. The molecule has 0 spiro atoms. The topological polar surface area (TPSA) is 76.2 Å². The fourth-order valence-electron chi connectivity index (χ4n) is 3.49. The van der Waals surface area contributed by atoms with Crippen LogP contribution in [0.2, 0.25) is 0 Å². The molecule has 2 heterocycles. The van der Waals surface area contributed by atoms with Crippen LogP contribution < -0.4 is 16.3 Å². The number of nitrogens with one attached hydrogen (secondary N) is 2. The van der Waals surface area contributed by atoms with E-state index in [1.807, 2.05) is 10.6 Å². The van der Waals surface area contributed by atoms with Crippen LogP contribution in [0.1, 0.15) is 44.0 Å². The van der Waals surface area contributed by atoms with Crippen LogP contribution in [0.3, 0.4) is 0 Å². The number of hydrogen-bond acceptors (Lipinski definition) is 3. The number of rotatable bonds is 9. The third kappa shape index (κ3) is 7.17. The van der Waals surface area contributed by atoms with Crippen molar-refractivity contribution in [2.75, 3.05) is 19.6 Å². The normalized spacial score (nSPS) is 13.5. The Bertz CT molecular complexity index is 814. The third-order valence-electron chi connectivity index (χ3n) is 4.95. The van der Waals surface area contributed by atoms with Crippen LogP contribution in [0.15, 0.2) is 40.1 Å². The average Bonchev–Trinajstić information content (AvgIpc) is 3.05. The zero-order valence-electron chi connectivity index (χ0n) is 17.3. The van der Waals surface area contributed by atoms with Gasteiger partial charge in [0.05, 0.1) is 0 Å². The van der Waals surface area contributed by atoms with Gasteiger partial charge in [-0.25, -0.2) is 9.48 Å². The van der Waals surface area contributed by atoms with Crippen molar-refractivity contribution in [1.29, 1.82) is 0 Å². The van der Waals surface area contributed by atoms with Gasteiger partial charge in [-0.05, 0) is 44.6 Å². The van der Waals surface area contributed by atoms with Crippen LogP contribution >= 0.6 is 24.0 Å². The lowest BCUT2D eigenvalue weighted by Gasteiger charge is -2.11. The number of benzene rings is 1. The molecule has 1 aliphatic rings. The largest absolute Gasteiger partial charge is 0.357 e. The molecular weight excluding hydrogens is 479 g/mol. The minimum Gasteiger partial charge on any atom is -0.357 e. The van der Waals surface area contributed by atoms with Gasteiger partial charge in [-0.2, -0.15) is 5.10 Å². The van der Waals surface area contributed by atoms with E-state index in [1.165, 1.54) is 5.56 Å². The van der Waals surface area contributed by atoms with E-state index in [2.05, 4.69) is 51.9 Å². The second-order valence-corrected chi connectivity index (χ2v) is 7.16. The number of aliphatic imine (C=N–C) groups is 1. The molecule has 1 aliphatic heterocycles. The number of halogens is 1. The maximum Gasteiger partial charge on any atom is 0.345 e. The van der Waals surface area contributed by atoms with Crippen molar-refractivity contribution in [1.82, 2.24) is 25.0 Å². The molecule has 0 unspecified atom stereocenters. The first-order chi connectivity index (χ1) is 13.8. The smallest absolute Gasteiger partial charge is 0.345 e. The fourth-order valence-corrected chi connectivity index (χ4v) is 3.49. The number of aromatic nitrogens is 3. The standard InChI is InChI=1S/C21H32N6O.HI/c1-2-22-20(23-14-8-12-18-10-4-3-5-11-18)24-15-9-17-27-21(28)26-16-7-6-13-19(26)25-27;/h3-5,10-11H,2,6-9,12-17H2,1H3,(H2,22,23,24);1H. The van der Waals surface area contributed by atoms with Gasteiger partial charge in [0.25, 0.3) is 0 Å². The number of guanidine groups is 1. The second kappa shape index (κ2) is 12.7. The summed E-state index contributed by atoms with van der Waals surface area (Å²) < 4.78 is 3.43. The highest BCUT2D eigenvalue weighted by molar-refractivity contribution is 14.0. The van der Waals surface area contributed by atoms with E-state index < -0.39 is 0 Å². The van der Waals surface area contributed by atoms with Gasteiger partial charge >= 0.3 is 5.69 Å². The Morgan fingerprint density at radius 2 is 2.00 bits per heavy atom. The van der Waals surface area contributed by atoms with Gasteiger partial charge in [-0.15, -0.1) is 24.0 Å². The zero-order chi connectivity index (χ0) is 19.6. The molecule has 0 bridgehead atoms. The van der Waals surface area contributed by atoms with Crippen LogP contribution in [-0.2, 0) is 25.9 Å². The van der Waals surface area contributed by atoms with E-state index in [1.54, 1.807) is 4.68 Å². The van der Waals surface area contributed by atoms with Gasteiger partial charge < -0.3 is 10.6 Å².